The number of fused-ring (bicyclic) bond motifs is 1. The van der Waals surface area contributed by atoms with Gasteiger partial charge in [-0.25, -0.2) is 9.78 Å². The third-order valence-electron chi connectivity index (χ3n) is 4.41. The molecule has 2 N–H and O–H groups in total. The van der Waals surface area contributed by atoms with E-state index in [1.165, 1.54) is 7.11 Å². The van der Waals surface area contributed by atoms with Crippen molar-refractivity contribution in [2.45, 2.75) is 0 Å². The lowest BCUT2D eigenvalue weighted by Crippen LogP contribution is -2.44. The average Bonchev–Trinajstić information content (AvgIpc) is 2.61. The summed E-state index contributed by atoms with van der Waals surface area (Å²) in [6.45, 7) is 3.36. The van der Waals surface area contributed by atoms with Crippen molar-refractivity contribution in [3.63, 3.8) is 0 Å². The molecule has 1 saturated heterocycles. The van der Waals surface area contributed by atoms with Gasteiger partial charge in [0, 0.05) is 44.4 Å². The van der Waals surface area contributed by atoms with Crippen molar-refractivity contribution in [1.82, 2.24) is 9.88 Å². The zero-order valence-electron chi connectivity index (χ0n) is 14.9. The number of likely N-dealkylation sites (N-methyl/N-ethyl adjacent to an activating group) is 1. The molecule has 0 radical (unpaired) electrons. The summed E-state index contributed by atoms with van der Waals surface area (Å²) < 4.78 is 4.79. The number of pyridine rings is 1. The van der Waals surface area contributed by atoms with E-state index in [2.05, 4.69) is 27.1 Å². The number of ether oxygens (including phenoxy) is 1. The Morgan fingerprint density at radius 1 is 1.23 bits per heavy atom. The molecule has 1 aliphatic rings. The molecule has 0 saturated carbocycles. The van der Waals surface area contributed by atoms with Crippen molar-refractivity contribution in [1.29, 1.82) is 0 Å². The minimum Gasteiger partial charge on any atom is -0.478 e. The van der Waals surface area contributed by atoms with E-state index in [1.807, 2.05) is 0 Å². The highest BCUT2D eigenvalue weighted by molar-refractivity contribution is 6.05. The molecule has 8 nitrogen and oxygen atoms in total. The first kappa shape index (κ1) is 18.1. The lowest BCUT2D eigenvalue weighted by molar-refractivity contribution is -0.119. The number of aromatic carboxylic acids is 1. The number of hydrogen-bond donors (Lipinski definition) is 2. The van der Waals surface area contributed by atoms with Crippen LogP contribution in [0, 0.1) is 0 Å². The van der Waals surface area contributed by atoms with Gasteiger partial charge in [0.2, 0.25) is 5.91 Å². The second-order valence-corrected chi connectivity index (χ2v) is 6.34. The molecule has 1 aromatic heterocycles. The molecule has 0 spiro atoms. The van der Waals surface area contributed by atoms with E-state index in [9.17, 15) is 14.7 Å². The van der Waals surface area contributed by atoms with Crippen LogP contribution in [-0.2, 0) is 9.53 Å². The normalized spacial score (nSPS) is 15.2. The first-order valence-corrected chi connectivity index (χ1v) is 8.38. The second-order valence-electron chi connectivity index (χ2n) is 6.34. The van der Waals surface area contributed by atoms with Crippen LogP contribution in [0.1, 0.15) is 10.4 Å². The van der Waals surface area contributed by atoms with Gasteiger partial charge in [-0.15, -0.1) is 0 Å². The number of rotatable bonds is 5. The van der Waals surface area contributed by atoms with Crippen LogP contribution in [0.3, 0.4) is 0 Å². The van der Waals surface area contributed by atoms with E-state index in [-0.39, 0.29) is 18.1 Å². The van der Waals surface area contributed by atoms with Gasteiger partial charge in [-0.3, -0.25) is 4.79 Å². The highest BCUT2D eigenvalue weighted by Gasteiger charge is 2.19. The van der Waals surface area contributed by atoms with Crippen molar-refractivity contribution in [2.24, 2.45) is 0 Å². The first-order valence-electron chi connectivity index (χ1n) is 8.38. The average molecular weight is 358 g/mol. The molecule has 8 heteroatoms. The van der Waals surface area contributed by atoms with Gasteiger partial charge in [0.1, 0.15) is 12.4 Å². The molecule has 2 aromatic rings. The molecule has 1 amide bonds. The molecule has 3 rings (SSSR count). The number of nitrogens with zero attached hydrogens (tertiary/aromatic N) is 3. The number of piperazine rings is 1. The Morgan fingerprint density at radius 3 is 2.62 bits per heavy atom. The van der Waals surface area contributed by atoms with Crippen LogP contribution < -0.4 is 10.2 Å². The molecule has 0 unspecified atom stereocenters. The van der Waals surface area contributed by atoms with E-state index in [0.29, 0.717) is 22.4 Å². The van der Waals surface area contributed by atoms with Crippen molar-refractivity contribution in [2.75, 3.05) is 57.2 Å². The van der Waals surface area contributed by atoms with Gasteiger partial charge in [-0.2, -0.15) is 0 Å². The number of methoxy groups -OCH3 is 1. The molecule has 1 aromatic carbocycles. The van der Waals surface area contributed by atoms with Crippen LogP contribution in [0.25, 0.3) is 10.9 Å². The number of hydrogen-bond acceptors (Lipinski definition) is 6. The molecule has 26 heavy (non-hydrogen) atoms. The highest BCUT2D eigenvalue weighted by atomic mass is 16.5. The first-order chi connectivity index (χ1) is 12.5. The fraction of sp³-hybridized carbons (Fsp3) is 0.389. The lowest BCUT2D eigenvalue weighted by atomic mass is 10.1. The predicted molar refractivity (Wildman–Crippen MR) is 98.9 cm³/mol. The van der Waals surface area contributed by atoms with E-state index >= 15 is 0 Å². The summed E-state index contributed by atoms with van der Waals surface area (Å²) in [5.74, 6) is -0.655. The maximum atomic E-state index is 11.8. The van der Waals surface area contributed by atoms with Gasteiger partial charge >= 0.3 is 5.97 Å². The van der Waals surface area contributed by atoms with E-state index in [1.54, 1.807) is 24.3 Å². The van der Waals surface area contributed by atoms with Gasteiger partial charge < -0.3 is 25.0 Å². The maximum absolute atomic E-state index is 11.8. The van der Waals surface area contributed by atoms with Gasteiger partial charge in [0.15, 0.2) is 0 Å². The second kappa shape index (κ2) is 7.67. The Balaban J connectivity index is 1.96. The highest BCUT2D eigenvalue weighted by Crippen LogP contribution is 2.26. The predicted octanol–water partition coefficient (Wildman–Crippen LogP) is 1.27. The maximum Gasteiger partial charge on any atom is 0.336 e. The molecule has 0 bridgehead atoms. The molecule has 2 heterocycles. The quantitative estimate of drug-likeness (QED) is 0.831. The van der Waals surface area contributed by atoms with Crippen molar-refractivity contribution < 1.29 is 19.4 Å². The molecular formula is C18H22N4O4. The van der Waals surface area contributed by atoms with Crippen LogP contribution in [0.5, 0.6) is 0 Å². The van der Waals surface area contributed by atoms with Crippen molar-refractivity contribution >= 4 is 34.3 Å². The lowest BCUT2D eigenvalue weighted by Gasteiger charge is -2.33. The smallest absolute Gasteiger partial charge is 0.336 e. The zero-order valence-corrected chi connectivity index (χ0v) is 14.9. The topological polar surface area (TPSA) is 95.0 Å². The van der Waals surface area contributed by atoms with Crippen LogP contribution in [0.15, 0.2) is 24.3 Å². The summed E-state index contributed by atoms with van der Waals surface area (Å²) in [6, 6.07) is 6.68. The van der Waals surface area contributed by atoms with Gasteiger partial charge in [-0.05, 0) is 31.3 Å². The van der Waals surface area contributed by atoms with Gasteiger partial charge in [0.05, 0.1) is 11.1 Å². The van der Waals surface area contributed by atoms with Crippen LogP contribution in [0.2, 0.25) is 0 Å². The summed E-state index contributed by atoms with van der Waals surface area (Å²) in [6.07, 6.45) is 0. The summed E-state index contributed by atoms with van der Waals surface area (Å²) >= 11 is 0. The number of carboxylic acid groups (broad SMARTS) is 1. The number of benzene rings is 1. The number of amides is 1. The minimum atomic E-state index is -1.02. The summed E-state index contributed by atoms with van der Waals surface area (Å²) in [5, 5.41) is 12.8. The largest absolute Gasteiger partial charge is 0.478 e. The van der Waals surface area contributed by atoms with Crippen LogP contribution in [-0.4, -0.2) is 73.8 Å². The Morgan fingerprint density at radius 2 is 1.96 bits per heavy atom. The fourth-order valence-corrected chi connectivity index (χ4v) is 2.99. The number of carbonyl (C=O) groups excluding carboxylic acids is 1. The molecule has 1 aliphatic heterocycles. The summed E-state index contributed by atoms with van der Waals surface area (Å²) in [7, 11) is 3.50. The van der Waals surface area contributed by atoms with Crippen LogP contribution >= 0.6 is 0 Å². The Bertz CT molecular complexity index is 831. The third-order valence-corrected chi connectivity index (χ3v) is 4.41. The van der Waals surface area contributed by atoms with Gasteiger partial charge in [0.25, 0.3) is 0 Å². The number of carboxylic acids is 1. The van der Waals surface area contributed by atoms with Crippen LogP contribution in [0.4, 0.5) is 11.5 Å². The Hall–Kier alpha value is -2.71. The SMILES string of the molecule is COCC(=O)Nc1ccc2nc(N3CCN(C)CC3)cc(C(=O)O)c2c1. The molecular weight excluding hydrogens is 336 g/mol. The van der Waals surface area contributed by atoms with E-state index < -0.39 is 5.97 Å². The zero-order chi connectivity index (χ0) is 18.7. The molecule has 138 valence electrons. The minimum absolute atomic E-state index is 0.0651. The van der Waals surface area contributed by atoms with Crippen molar-refractivity contribution in [3.05, 3.63) is 29.8 Å². The molecule has 1 fully saturated rings. The Kier molecular flexibility index (Phi) is 5.34. The van der Waals surface area contributed by atoms with Gasteiger partial charge in [-0.1, -0.05) is 0 Å². The number of carbonyl (C=O) groups is 2. The standard InChI is InChI=1S/C18H22N4O4/c1-21-5-7-22(8-6-21)16-10-14(18(24)25)13-9-12(3-4-15(13)20-16)19-17(23)11-26-2/h3-4,9-10H,5-8,11H2,1-2H3,(H,19,23)(H,24,25). The fourth-order valence-electron chi connectivity index (χ4n) is 2.99. The molecule has 0 aliphatic carbocycles. The summed E-state index contributed by atoms with van der Waals surface area (Å²) in [5.41, 5.74) is 1.27. The summed E-state index contributed by atoms with van der Waals surface area (Å²) in [4.78, 5) is 32.4. The number of aromatic nitrogens is 1. The molecule has 0 atom stereocenters. The van der Waals surface area contributed by atoms with E-state index in [0.717, 1.165) is 26.2 Å². The Labute approximate surface area is 151 Å². The number of nitrogens with one attached hydrogen (secondary N) is 1. The monoisotopic (exact) mass is 358 g/mol. The number of anilines is 2. The van der Waals surface area contributed by atoms with Crippen molar-refractivity contribution in [3.8, 4) is 0 Å². The van der Waals surface area contributed by atoms with E-state index in [4.69, 9.17) is 4.74 Å². The third kappa shape index (κ3) is 3.92.